The summed E-state index contributed by atoms with van der Waals surface area (Å²) in [5.41, 5.74) is 1.48. The maximum atomic E-state index is 12.9. The molecule has 0 fully saturated rings. The molecule has 0 atom stereocenters. The van der Waals surface area contributed by atoms with E-state index in [-0.39, 0.29) is 17.5 Å². The molecular weight excluding hydrogens is 351 g/mol. The zero-order valence-electron chi connectivity index (χ0n) is 12.7. The van der Waals surface area contributed by atoms with E-state index in [1.807, 2.05) is 12.3 Å². The van der Waals surface area contributed by atoms with Crippen LogP contribution in [0.15, 0.2) is 39.3 Å². The number of nitrogens with zero attached hydrogens (tertiary/aromatic N) is 3. The van der Waals surface area contributed by atoms with Gasteiger partial charge in [0.1, 0.15) is 5.82 Å². The molecule has 0 aliphatic heterocycles. The molecule has 1 amide bonds. The van der Waals surface area contributed by atoms with Crippen LogP contribution >= 0.6 is 23.1 Å². The van der Waals surface area contributed by atoms with Gasteiger partial charge in [0.25, 0.3) is 5.22 Å². The van der Waals surface area contributed by atoms with Gasteiger partial charge in [0.2, 0.25) is 11.8 Å². The third-order valence-electron chi connectivity index (χ3n) is 2.97. The molecule has 0 spiro atoms. The third kappa shape index (κ3) is 4.18. The Kier molecular flexibility index (Phi) is 5.21. The van der Waals surface area contributed by atoms with Crippen LogP contribution in [0.2, 0.25) is 0 Å². The number of hydrogen-bond donors (Lipinski definition) is 1. The maximum Gasteiger partial charge on any atom is 0.277 e. The summed E-state index contributed by atoms with van der Waals surface area (Å²) in [6.07, 6.45) is 0.658. The van der Waals surface area contributed by atoms with Gasteiger partial charge in [-0.3, -0.25) is 4.79 Å². The van der Waals surface area contributed by atoms with Crippen molar-refractivity contribution in [1.82, 2.24) is 15.2 Å². The molecule has 0 unspecified atom stereocenters. The van der Waals surface area contributed by atoms with Gasteiger partial charge in [-0.1, -0.05) is 18.7 Å². The van der Waals surface area contributed by atoms with Gasteiger partial charge < -0.3 is 9.73 Å². The van der Waals surface area contributed by atoms with Gasteiger partial charge in [-0.2, -0.15) is 0 Å². The van der Waals surface area contributed by atoms with Crippen LogP contribution in [-0.2, 0) is 11.2 Å². The minimum atomic E-state index is -0.299. The Morgan fingerprint density at radius 3 is 2.83 bits per heavy atom. The summed E-state index contributed by atoms with van der Waals surface area (Å²) >= 11 is 2.48. The molecule has 3 rings (SSSR count). The molecule has 9 heteroatoms. The average molecular weight is 364 g/mol. The lowest BCUT2D eigenvalue weighted by molar-refractivity contribution is -0.113. The van der Waals surface area contributed by atoms with Gasteiger partial charge in [-0.15, -0.1) is 21.5 Å². The van der Waals surface area contributed by atoms with E-state index in [4.69, 9.17) is 4.42 Å². The number of amides is 1. The van der Waals surface area contributed by atoms with Crippen LogP contribution in [0.3, 0.4) is 0 Å². The van der Waals surface area contributed by atoms with Crippen LogP contribution in [0.1, 0.15) is 12.8 Å². The predicted molar refractivity (Wildman–Crippen MR) is 90.5 cm³/mol. The number of hydrogen-bond acceptors (Lipinski definition) is 7. The number of nitrogens with one attached hydrogen (secondary N) is 1. The zero-order chi connectivity index (χ0) is 16.9. The number of carbonyl (C=O) groups excluding carboxylic acids is 1. The summed E-state index contributed by atoms with van der Waals surface area (Å²) < 4.78 is 18.3. The molecule has 0 bridgehead atoms. The summed E-state index contributed by atoms with van der Waals surface area (Å²) in [6.45, 7) is 1.91. The van der Waals surface area contributed by atoms with E-state index < -0.39 is 0 Å². The Balaban J connectivity index is 1.56. The van der Waals surface area contributed by atoms with Crippen molar-refractivity contribution in [1.29, 1.82) is 0 Å². The Morgan fingerprint density at radius 1 is 1.33 bits per heavy atom. The number of aryl methyl sites for hydroxylation is 1. The molecule has 2 heterocycles. The molecule has 0 aliphatic rings. The fourth-order valence-corrected chi connectivity index (χ4v) is 3.12. The van der Waals surface area contributed by atoms with Crippen LogP contribution in [-0.4, -0.2) is 26.8 Å². The maximum absolute atomic E-state index is 12.9. The summed E-state index contributed by atoms with van der Waals surface area (Å²) in [4.78, 5) is 16.3. The standard InChI is InChI=1S/C15H13FN4O2S2/c1-2-13-19-20-15(22-13)24-8-12(21)18-14-17-11(7-23-14)9-3-5-10(16)6-4-9/h3-7H,2,8H2,1H3,(H,17,18,21). The van der Waals surface area contributed by atoms with Crippen molar-refractivity contribution in [2.75, 3.05) is 11.1 Å². The number of halogens is 1. The van der Waals surface area contributed by atoms with Gasteiger partial charge in [-0.25, -0.2) is 9.37 Å². The third-order valence-corrected chi connectivity index (χ3v) is 4.54. The van der Waals surface area contributed by atoms with E-state index in [9.17, 15) is 9.18 Å². The fourth-order valence-electron chi connectivity index (χ4n) is 1.81. The van der Waals surface area contributed by atoms with Crippen molar-refractivity contribution in [3.63, 3.8) is 0 Å². The van der Waals surface area contributed by atoms with E-state index in [1.165, 1.54) is 35.2 Å². The first-order valence-corrected chi connectivity index (χ1v) is 8.97. The molecule has 0 saturated heterocycles. The normalized spacial score (nSPS) is 10.8. The van der Waals surface area contributed by atoms with Crippen LogP contribution < -0.4 is 5.32 Å². The lowest BCUT2D eigenvalue weighted by Crippen LogP contribution is -2.13. The number of thiazole rings is 1. The molecule has 124 valence electrons. The predicted octanol–water partition coefficient (Wildman–Crippen LogP) is 3.63. The second kappa shape index (κ2) is 7.54. The highest BCUT2D eigenvalue weighted by Crippen LogP contribution is 2.25. The highest BCUT2D eigenvalue weighted by atomic mass is 32.2. The summed E-state index contributed by atoms with van der Waals surface area (Å²) in [5.74, 6) is 0.182. The number of thioether (sulfide) groups is 1. The molecule has 24 heavy (non-hydrogen) atoms. The minimum Gasteiger partial charge on any atom is -0.416 e. The fraction of sp³-hybridized carbons (Fsp3) is 0.200. The van der Waals surface area contributed by atoms with E-state index in [1.54, 1.807) is 12.1 Å². The molecule has 3 aromatic rings. The van der Waals surface area contributed by atoms with E-state index in [0.717, 1.165) is 5.56 Å². The number of benzene rings is 1. The zero-order valence-corrected chi connectivity index (χ0v) is 14.3. The highest BCUT2D eigenvalue weighted by molar-refractivity contribution is 7.99. The number of aromatic nitrogens is 3. The monoisotopic (exact) mass is 364 g/mol. The van der Waals surface area contributed by atoms with E-state index in [2.05, 4.69) is 20.5 Å². The molecule has 1 N–H and O–H groups in total. The first kappa shape index (κ1) is 16.6. The van der Waals surface area contributed by atoms with Gasteiger partial charge >= 0.3 is 0 Å². The SMILES string of the molecule is CCc1nnc(SCC(=O)Nc2nc(-c3ccc(F)cc3)cs2)o1. The number of anilines is 1. The molecule has 1 aromatic carbocycles. The smallest absolute Gasteiger partial charge is 0.277 e. The van der Waals surface area contributed by atoms with Crippen LogP contribution in [0.5, 0.6) is 0 Å². The molecule has 6 nitrogen and oxygen atoms in total. The molecule has 0 radical (unpaired) electrons. The van der Waals surface area contributed by atoms with Gasteiger partial charge in [-0.05, 0) is 24.3 Å². The highest BCUT2D eigenvalue weighted by Gasteiger charge is 2.11. The van der Waals surface area contributed by atoms with Crippen LogP contribution in [0, 0.1) is 5.82 Å². The number of rotatable bonds is 6. The Hall–Kier alpha value is -2.26. The van der Waals surface area contributed by atoms with E-state index >= 15 is 0 Å². The second-order valence-corrected chi connectivity index (χ2v) is 6.48. The van der Waals surface area contributed by atoms with Crippen LogP contribution in [0.25, 0.3) is 11.3 Å². The van der Waals surface area contributed by atoms with Crippen molar-refractivity contribution < 1.29 is 13.6 Å². The Labute approximate surface area is 145 Å². The Morgan fingerprint density at radius 2 is 2.12 bits per heavy atom. The molecule has 0 aliphatic carbocycles. The van der Waals surface area contributed by atoms with Gasteiger partial charge in [0.15, 0.2) is 5.13 Å². The van der Waals surface area contributed by atoms with Crippen molar-refractivity contribution in [2.45, 2.75) is 18.6 Å². The lowest BCUT2D eigenvalue weighted by atomic mass is 10.2. The average Bonchev–Trinajstić information content (AvgIpc) is 3.23. The van der Waals surface area contributed by atoms with Crippen LogP contribution in [0.4, 0.5) is 9.52 Å². The van der Waals surface area contributed by atoms with Gasteiger partial charge in [0, 0.05) is 17.4 Å². The minimum absolute atomic E-state index is 0.150. The quantitative estimate of drug-likeness (QED) is 0.673. The Bertz CT molecular complexity index is 832. The van der Waals surface area contributed by atoms with Gasteiger partial charge in [0.05, 0.1) is 11.4 Å². The van der Waals surface area contributed by atoms with Crippen molar-refractivity contribution in [3.8, 4) is 11.3 Å². The molecule has 2 aromatic heterocycles. The second-order valence-electron chi connectivity index (χ2n) is 4.70. The largest absolute Gasteiger partial charge is 0.416 e. The van der Waals surface area contributed by atoms with Crippen molar-refractivity contribution in [3.05, 3.63) is 41.4 Å². The molecular formula is C15H13FN4O2S2. The van der Waals surface area contributed by atoms with Crippen molar-refractivity contribution >= 4 is 34.1 Å². The lowest BCUT2D eigenvalue weighted by Gasteiger charge is -1.99. The topological polar surface area (TPSA) is 80.9 Å². The van der Waals surface area contributed by atoms with E-state index in [0.29, 0.717) is 28.4 Å². The van der Waals surface area contributed by atoms with Crippen molar-refractivity contribution in [2.24, 2.45) is 0 Å². The number of carbonyl (C=O) groups is 1. The summed E-state index contributed by atoms with van der Waals surface area (Å²) in [5, 5.41) is 13.1. The summed E-state index contributed by atoms with van der Waals surface area (Å²) in [6, 6.07) is 6.04. The first-order chi connectivity index (χ1) is 11.6. The summed E-state index contributed by atoms with van der Waals surface area (Å²) in [7, 11) is 0. The molecule has 0 saturated carbocycles. The first-order valence-electron chi connectivity index (χ1n) is 7.10.